The first kappa shape index (κ1) is 19.5. The summed E-state index contributed by atoms with van der Waals surface area (Å²) in [6.07, 6.45) is 2.53. The van der Waals surface area contributed by atoms with E-state index in [1.54, 1.807) is 4.90 Å². The summed E-state index contributed by atoms with van der Waals surface area (Å²) in [7, 11) is 4.12. The SMILES string of the molecule is CN(C)c1ccc([C@H](CNC(=O)c2cccc3ccccc23)[NH+]2CCCC2)cc1. The van der Waals surface area contributed by atoms with Gasteiger partial charge in [0.2, 0.25) is 0 Å². The van der Waals surface area contributed by atoms with Crippen LogP contribution in [-0.4, -0.2) is 39.6 Å². The molecule has 1 atom stereocenters. The first-order valence-electron chi connectivity index (χ1n) is 10.5. The monoisotopic (exact) mass is 388 g/mol. The van der Waals surface area contributed by atoms with Crippen molar-refractivity contribution in [1.82, 2.24) is 5.32 Å². The van der Waals surface area contributed by atoms with Crippen LogP contribution in [0.1, 0.15) is 34.8 Å². The predicted molar refractivity (Wildman–Crippen MR) is 120 cm³/mol. The summed E-state index contributed by atoms with van der Waals surface area (Å²) in [5.74, 6) is 0.00955. The molecule has 150 valence electrons. The molecular weight excluding hydrogens is 358 g/mol. The Hall–Kier alpha value is -2.85. The van der Waals surface area contributed by atoms with Crippen LogP contribution in [0.2, 0.25) is 0 Å². The van der Waals surface area contributed by atoms with E-state index in [9.17, 15) is 4.79 Å². The third kappa shape index (κ3) is 4.28. The highest BCUT2D eigenvalue weighted by molar-refractivity contribution is 6.07. The van der Waals surface area contributed by atoms with Crippen molar-refractivity contribution in [3.05, 3.63) is 77.9 Å². The van der Waals surface area contributed by atoms with Crippen molar-refractivity contribution in [1.29, 1.82) is 0 Å². The Morgan fingerprint density at radius 1 is 0.966 bits per heavy atom. The van der Waals surface area contributed by atoms with Gasteiger partial charge in [-0.05, 0) is 29.0 Å². The number of quaternary nitrogens is 1. The minimum Gasteiger partial charge on any atom is -0.378 e. The van der Waals surface area contributed by atoms with Gasteiger partial charge in [-0.1, -0.05) is 48.5 Å². The van der Waals surface area contributed by atoms with Crippen molar-refractivity contribution < 1.29 is 9.69 Å². The number of amides is 1. The Bertz CT molecular complexity index is 970. The molecule has 0 radical (unpaired) electrons. The highest BCUT2D eigenvalue weighted by atomic mass is 16.1. The standard InChI is InChI=1S/C25H29N3O/c1-27(2)21-14-12-20(13-15-21)24(28-16-5-6-17-28)18-26-25(29)23-11-7-9-19-8-3-4-10-22(19)23/h3-4,7-15,24H,5-6,16-18H2,1-2H3,(H,26,29)/p+1/t24-/m0/s1. The maximum atomic E-state index is 13.0. The highest BCUT2D eigenvalue weighted by Gasteiger charge is 2.28. The molecule has 0 aliphatic carbocycles. The minimum absolute atomic E-state index is 0.00955. The van der Waals surface area contributed by atoms with E-state index in [0.29, 0.717) is 6.54 Å². The molecule has 29 heavy (non-hydrogen) atoms. The Balaban J connectivity index is 1.54. The molecule has 1 aliphatic rings. The number of benzene rings is 3. The number of fused-ring (bicyclic) bond motifs is 1. The number of carbonyl (C=O) groups excluding carboxylic acids is 1. The van der Waals surface area contributed by atoms with E-state index in [1.807, 2.05) is 30.3 Å². The summed E-state index contributed by atoms with van der Waals surface area (Å²) in [4.78, 5) is 16.7. The molecule has 2 N–H and O–H groups in total. The summed E-state index contributed by atoms with van der Waals surface area (Å²) < 4.78 is 0. The molecule has 3 aromatic rings. The van der Waals surface area contributed by atoms with Gasteiger partial charge < -0.3 is 15.1 Å². The molecule has 1 fully saturated rings. The van der Waals surface area contributed by atoms with Crippen LogP contribution in [0.3, 0.4) is 0 Å². The Morgan fingerprint density at radius 2 is 1.66 bits per heavy atom. The predicted octanol–water partition coefficient (Wildman–Crippen LogP) is 3.06. The zero-order valence-electron chi connectivity index (χ0n) is 17.3. The number of hydrogen-bond donors (Lipinski definition) is 2. The quantitative estimate of drug-likeness (QED) is 0.681. The molecule has 0 aromatic heterocycles. The van der Waals surface area contributed by atoms with E-state index in [2.05, 4.69) is 60.7 Å². The summed E-state index contributed by atoms with van der Waals surface area (Å²) in [5, 5.41) is 5.34. The lowest BCUT2D eigenvalue weighted by Gasteiger charge is -2.26. The molecule has 4 heteroatoms. The van der Waals surface area contributed by atoms with E-state index < -0.39 is 0 Å². The number of nitrogens with one attached hydrogen (secondary N) is 2. The van der Waals surface area contributed by atoms with E-state index in [0.717, 1.165) is 16.3 Å². The van der Waals surface area contributed by atoms with Crippen molar-refractivity contribution in [3.8, 4) is 0 Å². The lowest BCUT2D eigenvalue weighted by atomic mass is 10.0. The lowest BCUT2D eigenvalue weighted by Crippen LogP contribution is -3.11. The molecule has 0 bridgehead atoms. The van der Waals surface area contributed by atoms with Gasteiger partial charge in [0.25, 0.3) is 5.91 Å². The third-order valence-electron chi connectivity index (χ3n) is 6.05. The van der Waals surface area contributed by atoms with E-state index >= 15 is 0 Å². The molecule has 1 heterocycles. The second-order valence-corrected chi connectivity index (χ2v) is 8.14. The van der Waals surface area contributed by atoms with Crippen molar-refractivity contribution in [2.75, 3.05) is 38.6 Å². The smallest absolute Gasteiger partial charge is 0.252 e. The van der Waals surface area contributed by atoms with Crippen LogP contribution in [0.15, 0.2) is 66.7 Å². The fourth-order valence-electron chi connectivity index (χ4n) is 4.39. The molecule has 4 rings (SSSR count). The van der Waals surface area contributed by atoms with E-state index in [-0.39, 0.29) is 11.9 Å². The second-order valence-electron chi connectivity index (χ2n) is 8.14. The van der Waals surface area contributed by atoms with Crippen LogP contribution < -0.4 is 15.1 Å². The van der Waals surface area contributed by atoms with Crippen molar-refractivity contribution in [2.24, 2.45) is 0 Å². The van der Waals surface area contributed by atoms with Gasteiger partial charge in [-0.3, -0.25) is 4.79 Å². The fourth-order valence-corrected chi connectivity index (χ4v) is 4.39. The Labute approximate surface area is 173 Å². The Kier molecular flexibility index (Phi) is 5.81. The number of nitrogens with zero attached hydrogens (tertiary/aromatic N) is 1. The molecule has 3 aromatic carbocycles. The van der Waals surface area contributed by atoms with Gasteiger partial charge >= 0.3 is 0 Å². The van der Waals surface area contributed by atoms with Gasteiger partial charge in [-0.2, -0.15) is 0 Å². The largest absolute Gasteiger partial charge is 0.378 e. The molecular formula is C25H30N3O+. The van der Waals surface area contributed by atoms with Crippen molar-refractivity contribution >= 4 is 22.4 Å². The molecule has 1 saturated heterocycles. The van der Waals surface area contributed by atoms with Crippen LogP contribution in [-0.2, 0) is 0 Å². The second kappa shape index (κ2) is 8.66. The van der Waals surface area contributed by atoms with Crippen LogP contribution >= 0.6 is 0 Å². The van der Waals surface area contributed by atoms with Gasteiger partial charge in [0.1, 0.15) is 6.04 Å². The maximum Gasteiger partial charge on any atom is 0.252 e. The minimum atomic E-state index is 0.00955. The number of rotatable bonds is 6. The normalized spacial score (nSPS) is 15.4. The number of carbonyl (C=O) groups is 1. The average molecular weight is 389 g/mol. The van der Waals surface area contributed by atoms with Crippen LogP contribution in [0.4, 0.5) is 5.69 Å². The molecule has 0 spiro atoms. The maximum absolute atomic E-state index is 13.0. The van der Waals surface area contributed by atoms with Gasteiger partial charge in [0.05, 0.1) is 19.6 Å². The highest BCUT2D eigenvalue weighted by Crippen LogP contribution is 2.20. The Morgan fingerprint density at radius 3 is 2.38 bits per heavy atom. The molecule has 0 saturated carbocycles. The van der Waals surface area contributed by atoms with Gasteiger partial charge in [-0.15, -0.1) is 0 Å². The number of hydrogen-bond acceptors (Lipinski definition) is 2. The molecule has 1 aliphatic heterocycles. The van der Waals surface area contributed by atoms with Crippen LogP contribution in [0.5, 0.6) is 0 Å². The van der Waals surface area contributed by atoms with Crippen molar-refractivity contribution in [3.63, 3.8) is 0 Å². The lowest BCUT2D eigenvalue weighted by molar-refractivity contribution is -0.918. The zero-order valence-corrected chi connectivity index (χ0v) is 17.3. The summed E-state index contributed by atoms with van der Waals surface area (Å²) >= 11 is 0. The zero-order chi connectivity index (χ0) is 20.2. The fraction of sp³-hybridized carbons (Fsp3) is 0.320. The summed E-state index contributed by atoms with van der Waals surface area (Å²) in [6, 6.07) is 23.1. The van der Waals surface area contributed by atoms with Crippen molar-refractivity contribution in [2.45, 2.75) is 18.9 Å². The van der Waals surface area contributed by atoms with E-state index in [1.165, 1.54) is 37.2 Å². The topological polar surface area (TPSA) is 36.8 Å². The summed E-state index contributed by atoms with van der Waals surface area (Å²) in [5.41, 5.74) is 3.25. The van der Waals surface area contributed by atoms with Gasteiger partial charge in [0, 0.05) is 43.8 Å². The van der Waals surface area contributed by atoms with Crippen LogP contribution in [0, 0.1) is 0 Å². The first-order chi connectivity index (χ1) is 14.1. The third-order valence-corrected chi connectivity index (χ3v) is 6.05. The van der Waals surface area contributed by atoms with Gasteiger partial charge in [0.15, 0.2) is 0 Å². The average Bonchev–Trinajstić information content (AvgIpc) is 3.28. The summed E-state index contributed by atoms with van der Waals surface area (Å²) in [6.45, 7) is 2.99. The first-order valence-corrected chi connectivity index (χ1v) is 10.5. The molecule has 0 unspecified atom stereocenters. The van der Waals surface area contributed by atoms with Gasteiger partial charge in [-0.25, -0.2) is 0 Å². The van der Waals surface area contributed by atoms with Crippen LogP contribution in [0.25, 0.3) is 10.8 Å². The number of anilines is 1. The van der Waals surface area contributed by atoms with E-state index in [4.69, 9.17) is 0 Å². The molecule has 1 amide bonds. The number of likely N-dealkylation sites (tertiary alicyclic amines) is 1. The molecule has 4 nitrogen and oxygen atoms in total.